The summed E-state index contributed by atoms with van der Waals surface area (Å²) in [7, 11) is 0. The molecule has 1 heterocycles. The Morgan fingerprint density at radius 3 is 3.07 bits per heavy atom. The highest BCUT2D eigenvalue weighted by atomic mass is 35.5. The Kier molecular flexibility index (Phi) is 4.77. The van der Waals surface area contributed by atoms with Crippen molar-refractivity contribution in [2.45, 2.75) is 0 Å². The average Bonchev–Trinajstić information content (AvgIpc) is 2.25. The molecular formula is C10H10ClFN2O. The second-order valence-corrected chi connectivity index (χ2v) is 3.00. The largest absolute Gasteiger partial charge is 0.348 e. The monoisotopic (exact) mass is 228 g/mol. The number of pyridine rings is 1. The molecule has 1 aromatic heterocycles. The average molecular weight is 229 g/mol. The van der Waals surface area contributed by atoms with Gasteiger partial charge in [-0.1, -0.05) is 12.2 Å². The topological polar surface area (TPSA) is 42.0 Å². The maximum absolute atomic E-state index is 13.1. The first-order valence-corrected chi connectivity index (χ1v) is 4.88. The fraction of sp³-hybridized carbons (Fsp3) is 0.200. The third-order valence-corrected chi connectivity index (χ3v) is 1.83. The Morgan fingerprint density at radius 1 is 1.60 bits per heavy atom. The molecule has 3 nitrogen and oxygen atoms in total. The number of hydrogen-bond donors (Lipinski definition) is 1. The number of rotatable bonds is 4. The van der Waals surface area contributed by atoms with Gasteiger partial charge in [0.05, 0.1) is 11.8 Å². The number of nitrogens with zero attached hydrogens (tertiary/aromatic N) is 1. The van der Waals surface area contributed by atoms with Crippen LogP contribution in [0.2, 0.25) is 0 Å². The number of hydrogen-bond acceptors (Lipinski definition) is 2. The lowest BCUT2D eigenvalue weighted by molar-refractivity contribution is 0.0954. The lowest BCUT2D eigenvalue weighted by Crippen LogP contribution is -2.24. The Labute approximate surface area is 92.0 Å². The van der Waals surface area contributed by atoms with Crippen molar-refractivity contribution in [1.82, 2.24) is 10.3 Å². The standard InChI is InChI=1S/C10H10ClFN2O/c11-4-1-2-5-14-10(15)8-3-6-13-7-9(8)12/h1-3,6-7H,4-5H2,(H,14,15)/b2-1+. The fourth-order valence-electron chi connectivity index (χ4n) is 0.953. The van der Waals surface area contributed by atoms with E-state index >= 15 is 0 Å². The van der Waals surface area contributed by atoms with Crippen LogP contribution in [0.4, 0.5) is 4.39 Å². The maximum atomic E-state index is 13.1. The summed E-state index contributed by atoms with van der Waals surface area (Å²) in [5.74, 6) is -0.704. The van der Waals surface area contributed by atoms with Crippen LogP contribution >= 0.6 is 11.6 Å². The van der Waals surface area contributed by atoms with Crippen LogP contribution in [0.15, 0.2) is 30.6 Å². The van der Waals surface area contributed by atoms with Gasteiger partial charge in [-0.2, -0.15) is 0 Å². The van der Waals surface area contributed by atoms with Crippen molar-refractivity contribution >= 4 is 17.5 Å². The van der Waals surface area contributed by atoms with Gasteiger partial charge in [-0.3, -0.25) is 9.78 Å². The quantitative estimate of drug-likeness (QED) is 0.630. The van der Waals surface area contributed by atoms with Gasteiger partial charge in [0.15, 0.2) is 5.82 Å². The molecule has 0 saturated heterocycles. The molecule has 0 aliphatic rings. The van der Waals surface area contributed by atoms with E-state index < -0.39 is 11.7 Å². The molecule has 0 aliphatic carbocycles. The van der Waals surface area contributed by atoms with Crippen molar-refractivity contribution in [3.8, 4) is 0 Å². The number of carbonyl (C=O) groups is 1. The van der Waals surface area contributed by atoms with Crippen LogP contribution in [-0.2, 0) is 0 Å². The van der Waals surface area contributed by atoms with Crippen LogP contribution in [0, 0.1) is 5.82 Å². The molecule has 15 heavy (non-hydrogen) atoms. The van der Waals surface area contributed by atoms with Gasteiger partial charge in [-0.15, -0.1) is 11.6 Å². The van der Waals surface area contributed by atoms with Gasteiger partial charge >= 0.3 is 0 Å². The van der Waals surface area contributed by atoms with Gasteiger partial charge in [0.2, 0.25) is 0 Å². The van der Waals surface area contributed by atoms with Crippen LogP contribution < -0.4 is 5.32 Å². The zero-order chi connectivity index (χ0) is 11.1. The van der Waals surface area contributed by atoms with Gasteiger partial charge in [0, 0.05) is 18.6 Å². The molecule has 1 rings (SSSR count). The van der Waals surface area contributed by atoms with Gasteiger partial charge in [0.1, 0.15) is 0 Å². The first-order valence-electron chi connectivity index (χ1n) is 4.34. The molecular weight excluding hydrogens is 219 g/mol. The Balaban J connectivity index is 2.54. The summed E-state index contributed by atoms with van der Waals surface area (Å²) in [5, 5.41) is 2.52. The van der Waals surface area contributed by atoms with Crippen LogP contribution in [0.3, 0.4) is 0 Å². The van der Waals surface area contributed by atoms with E-state index in [1.807, 2.05) is 0 Å². The molecule has 0 aliphatic heterocycles. The number of alkyl halides is 1. The summed E-state index contributed by atoms with van der Waals surface area (Å²) in [5.41, 5.74) is -0.00993. The Bertz CT molecular complexity index is 368. The second-order valence-electron chi connectivity index (χ2n) is 2.69. The van der Waals surface area contributed by atoms with E-state index in [1.165, 1.54) is 12.3 Å². The highest BCUT2D eigenvalue weighted by Gasteiger charge is 2.09. The van der Waals surface area contributed by atoms with E-state index in [0.717, 1.165) is 6.20 Å². The van der Waals surface area contributed by atoms with Gasteiger partial charge in [-0.25, -0.2) is 4.39 Å². The maximum Gasteiger partial charge on any atom is 0.254 e. The predicted octanol–water partition coefficient (Wildman–Crippen LogP) is 1.75. The molecule has 1 N–H and O–H groups in total. The van der Waals surface area contributed by atoms with E-state index in [-0.39, 0.29) is 5.56 Å². The van der Waals surface area contributed by atoms with Gasteiger partial charge in [0.25, 0.3) is 5.91 Å². The summed E-state index contributed by atoms with van der Waals surface area (Å²) in [6, 6.07) is 1.33. The third-order valence-electron chi connectivity index (χ3n) is 1.65. The van der Waals surface area contributed by atoms with Crippen LogP contribution in [-0.4, -0.2) is 23.3 Å². The molecule has 1 amide bonds. The van der Waals surface area contributed by atoms with Crippen molar-refractivity contribution in [2.24, 2.45) is 0 Å². The van der Waals surface area contributed by atoms with E-state index in [2.05, 4.69) is 10.3 Å². The molecule has 5 heteroatoms. The molecule has 0 unspecified atom stereocenters. The highest BCUT2D eigenvalue weighted by Crippen LogP contribution is 2.03. The molecule has 0 fully saturated rings. The summed E-state index contributed by atoms with van der Waals surface area (Å²) < 4.78 is 13.1. The first kappa shape index (κ1) is 11.7. The summed E-state index contributed by atoms with van der Waals surface area (Å²) in [6.07, 6.45) is 5.77. The molecule has 0 bridgehead atoms. The molecule has 0 atom stereocenters. The Morgan fingerprint density at radius 2 is 2.40 bits per heavy atom. The van der Waals surface area contributed by atoms with Crippen molar-refractivity contribution in [1.29, 1.82) is 0 Å². The first-order chi connectivity index (χ1) is 7.25. The summed E-state index contributed by atoms with van der Waals surface area (Å²) in [6.45, 7) is 0.327. The van der Waals surface area contributed by atoms with E-state index in [4.69, 9.17) is 11.6 Å². The molecule has 0 radical (unpaired) electrons. The smallest absolute Gasteiger partial charge is 0.254 e. The Hall–Kier alpha value is -1.42. The van der Waals surface area contributed by atoms with Crippen molar-refractivity contribution < 1.29 is 9.18 Å². The van der Waals surface area contributed by atoms with E-state index in [1.54, 1.807) is 12.2 Å². The minimum atomic E-state index is -0.628. The molecule has 1 aromatic rings. The molecule has 0 aromatic carbocycles. The predicted molar refractivity (Wildman–Crippen MR) is 56.4 cm³/mol. The van der Waals surface area contributed by atoms with Crippen molar-refractivity contribution in [3.05, 3.63) is 42.0 Å². The number of allylic oxidation sites excluding steroid dienone is 1. The number of amides is 1. The highest BCUT2D eigenvalue weighted by molar-refractivity contribution is 6.18. The van der Waals surface area contributed by atoms with Crippen molar-refractivity contribution in [2.75, 3.05) is 12.4 Å². The lowest BCUT2D eigenvalue weighted by atomic mass is 10.2. The van der Waals surface area contributed by atoms with Crippen LogP contribution in [0.5, 0.6) is 0 Å². The molecule has 0 spiro atoms. The summed E-state index contributed by atoms with van der Waals surface area (Å²) >= 11 is 5.39. The zero-order valence-corrected chi connectivity index (χ0v) is 8.67. The van der Waals surface area contributed by atoms with Gasteiger partial charge < -0.3 is 5.32 Å². The van der Waals surface area contributed by atoms with Crippen LogP contribution in [0.1, 0.15) is 10.4 Å². The normalized spacial score (nSPS) is 10.5. The van der Waals surface area contributed by atoms with Gasteiger partial charge in [-0.05, 0) is 6.07 Å². The SMILES string of the molecule is O=C(NC/C=C/CCl)c1ccncc1F. The number of aromatic nitrogens is 1. The zero-order valence-electron chi connectivity index (χ0n) is 7.91. The molecule has 80 valence electrons. The number of carbonyl (C=O) groups excluding carboxylic acids is 1. The van der Waals surface area contributed by atoms with Crippen LogP contribution in [0.25, 0.3) is 0 Å². The number of halogens is 2. The minimum absolute atomic E-state index is 0.00993. The molecule has 0 saturated carbocycles. The summed E-state index contributed by atoms with van der Waals surface area (Å²) in [4.78, 5) is 14.9. The minimum Gasteiger partial charge on any atom is -0.348 e. The van der Waals surface area contributed by atoms with E-state index in [9.17, 15) is 9.18 Å². The fourth-order valence-corrected chi connectivity index (χ4v) is 1.08. The third kappa shape index (κ3) is 3.67. The second kappa shape index (κ2) is 6.14. The van der Waals surface area contributed by atoms with E-state index in [0.29, 0.717) is 12.4 Å². The lowest BCUT2D eigenvalue weighted by Gasteiger charge is -2.02. The number of nitrogens with one attached hydrogen (secondary N) is 1. The van der Waals surface area contributed by atoms with Crippen molar-refractivity contribution in [3.63, 3.8) is 0 Å².